The van der Waals surface area contributed by atoms with Crippen LogP contribution in [-0.4, -0.2) is 22.9 Å². The number of nitrogens with one attached hydrogen (secondary N) is 2. The fourth-order valence-electron chi connectivity index (χ4n) is 2.95. The Morgan fingerprint density at radius 3 is 2.13 bits per heavy atom. The van der Waals surface area contributed by atoms with Gasteiger partial charge in [-0.1, -0.05) is 24.3 Å². The number of benzene rings is 3. The molecule has 0 spiro atoms. The lowest BCUT2D eigenvalue weighted by atomic mass is 9.97. The molecule has 148 valence electrons. The van der Waals surface area contributed by atoms with Gasteiger partial charge in [-0.2, -0.15) is 5.26 Å². The van der Waals surface area contributed by atoms with E-state index >= 15 is 0 Å². The summed E-state index contributed by atoms with van der Waals surface area (Å²) in [5.74, 6) is -1.90. The van der Waals surface area contributed by atoms with Crippen molar-refractivity contribution in [3.05, 3.63) is 83.4 Å². The van der Waals surface area contributed by atoms with Crippen LogP contribution < -0.4 is 10.6 Å². The highest BCUT2D eigenvalue weighted by atomic mass is 16.4. The predicted octanol–water partition coefficient (Wildman–Crippen LogP) is 4.13. The van der Waals surface area contributed by atoms with Crippen molar-refractivity contribution >= 4 is 29.2 Å². The standard InChI is InChI=1S/C23H17N3O4/c1-14(27)25-18-11-9-17(10-12-18)22(28)26-20-4-2-3-19(21(20)23(29)30)16-7-5-15(13-24)6-8-16/h2-12H,1H3,(H,25,27)(H,26,28)(H,29,30). The minimum atomic E-state index is -1.19. The molecule has 0 heterocycles. The Hall–Kier alpha value is -4.44. The van der Waals surface area contributed by atoms with Crippen molar-refractivity contribution in [2.75, 3.05) is 10.6 Å². The topological polar surface area (TPSA) is 119 Å². The van der Waals surface area contributed by atoms with Crippen molar-refractivity contribution in [2.45, 2.75) is 6.92 Å². The molecule has 2 amide bonds. The summed E-state index contributed by atoms with van der Waals surface area (Å²) in [5.41, 5.74) is 2.46. The number of amides is 2. The van der Waals surface area contributed by atoms with Crippen LogP contribution in [0.1, 0.15) is 33.2 Å². The average Bonchev–Trinajstić information content (AvgIpc) is 2.73. The van der Waals surface area contributed by atoms with Crippen LogP contribution in [0.15, 0.2) is 66.7 Å². The Labute approximate surface area is 172 Å². The molecule has 7 nitrogen and oxygen atoms in total. The molecular weight excluding hydrogens is 382 g/mol. The van der Waals surface area contributed by atoms with E-state index < -0.39 is 11.9 Å². The number of nitrogens with zero attached hydrogens (tertiary/aromatic N) is 1. The van der Waals surface area contributed by atoms with Crippen LogP contribution in [0.25, 0.3) is 11.1 Å². The maximum absolute atomic E-state index is 12.6. The highest BCUT2D eigenvalue weighted by Crippen LogP contribution is 2.30. The van der Waals surface area contributed by atoms with E-state index in [-0.39, 0.29) is 17.2 Å². The van der Waals surface area contributed by atoms with Crippen LogP contribution in [0.4, 0.5) is 11.4 Å². The Morgan fingerprint density at radius 2 is 1.57 bits per heavy atom. The lowest BCUT2D eigenvalue weighted by Gasteiger charge is -2.13. The predicted molar refractivity (Wildman–Crippen MR) is 112 cm³/mol. The highest BCUT2D eigenvalue weighted by Gasteiger charge is 2.19. The number of nitriles is 1. The van der Waals surface area contributed by atoms with E-state index in [1.807, 2.05) is 6.07 Å². The van der Waals surface area contributed by atoms with Gasteiger partial charge in [0.05, 0.1) is 22.9 Å². The van der Waals surface area contributed by atoms with Crippen LogP contribution in [0.3, 0.4) is 0 Å². The van der Waals surface area contributed by atoms with Crippen LogP contribution >= 0.6 is 0 Å². The second-order valence-corrected chi connectivity index (χ2v) is 6.44. The van der Waals surface area contributed by atoms with Gasteiger partial charge in [-0.25, -0.2) is 4.79 Å². The molecule has 0 saturated carbocycles. The van der Waals surface area contributed by atoms with Crippen LogP contribution in [0.2, 0.25) is 0 Å². The van der Waals surface area contributed by atoms with Gasteiger partial charge in [-0.3, -0.25) is 9.59 Å². The first-order valence-electron chi connectivity index (χ1n) is 8.95. The fourth-order valence-corrected chi connectivity index (χ4v) is 2.95. The Balaban J connectivity index is 1.92. The van der Waals surface area contributed by atoms with E-state index in [4.69, 9.17) is 5.26 Å². The van der Waals surface area contributed by atoms with Gasteiger partial charge in [0.2, 0.25) is 5.91 Å². The number of carboxylic acid groups (broad SMARTS) is 1. The third kappa shape index (κ3) is 4.51. The van der Waals surface area contributed by atoms with E-state index in [0.29, 0.717) is 27.9 Å². The summed E-state index contributed by atoms with van der Waals surface area (Å²) in [6.45, 7) is 1.38. The van der Waals surface area contributed by atoms with E-state index in [2.05, 4.69) is 10.6 Å². The zero-order valence-corrected chi connectivity index (χ0v) is 16.0. The minimum absolute atomic E-state index is 0.0505. The first kappa shape index (κ1) is 20.3. The van der Waals surface area contributed by atoms with Crippen molar-refractivity contribution < 1.29 is 19.5 Å². The SMILES string of the molecule is CC(=O)Nc1ccc(C(=O)Nc2cccc(-c3ccc(C#N)cc3)c2C(=O)O)cc1. The lowest BCUT2D eigenvalue weighted by Crippen LogP contribution is -2.15. The quantitative estimate of drug-likeness (QED) is 0.596. The van der Waals surface area contributed by atoms with Crippen molar-refractivity contribution in [2.24, 2.45) is 0 Å². The second kappa shape index (κ2) is 8.71. The van der Waals surface area contributed by atoms with E-state index in [1.165, 1.54) is 25.1 Å². The highest BCUT2D eigenvalue weighted by molar-refractivity contribution is 6.10. The number of aromatic carboxylic acids is 1. The molecule has 0 unspecified atom stereocenters. The van der Waals surface area contributed by atoms with Gasteiger partial charge in [0.15, 0.2) is 0 Å². The van der Waals surface area contributed by atoms with Gasteiger partial charge in [-0.15, -0.1) is 0 Å². The number of carboxylic acids is 1. The molecule has 7 heteroatoms. The maximum Gasteiger partial charge on any atom is 0.338 e. The zero-order valence-electron chi connectivity index (χ0n) is 16.0. The number of carbonyl (C=O) groups is 3. The van der Waals surface area contributed by atoms with Crippen molar-refractivity contribution in [3.63, 3.8) is 0 Å². The molecule has 0 aliphatic carbocycles. The first-order chi connectivity index (χ1) is 14.4. The monoisotopic (exact) mass is 399 g/mol. The summed E-state index contributed by atoms with van der Waals surface area (Å²) in [6.07, 6.45) is 0. The molecule has 0 fully saturated rings. The number of anilines is 2. The minimum Gasteiger partial charge on any atom is -0.478 e. The normalized spacial score (nSPS) is 10.0. The summed E-state index contributed by atoms with van der Waals surface area (Å²) >= 11 is 0. The van der Waals surface area contributed by atoms with Gasteiger partial charge in [0.25, 0.3) is 5.91 Å². The largest absolute Gasteiger partial charge is 0.478 e. The summed E-state index contributed by atoms with van der Waals surface area (Å²) in [6, 6.07) is 19.6. The summed E-state index contributed by atoms with van der Waals surface area (Å²) in [7, 11) is 0. The zero-order chi connectivity index (χ0) is 21.7. The Bertz CT molecular complexity index is 1160. The smallest absolute Gasteiger partial charge is 0.338 e. The molecule has 3 aromatic rings. The van der Waals surface area contributed by atoms with Crippen molar-refractivity contribution in [1.82, 2.24) is 0 Å². The third-order valence-corrected chi connectivity index (χ3v) is 4.32. The third-order valence-electron chi connectivity index (χ3n) is 4.32. The lowest BCUT2D eigenvalue weighted by molar-refractivity contribution is -0.114. The van der Waals surface area contributed by atoms with Gasteiger partial charge >= 0.3 is 5.97 Å². The molecule has 0 aromatic heterocycles. The van der Waals surface area contributed by atoms with Crippen LogP contribution in [-0.2, 0) is 4.79 Å². The number of hydrogen-bond donors (Lipinski definition) is 3. The molecule has 0 atom stereocenters. The van der Waals surface area contributed by atoms with E-state index in [9.17, 15) is 19.5 Å². The molecule has 0 aliphatic heterocycles. The second-order valence-electron chi connectivity index (χ2n) is 6.44. The summed E-state index contributed by atoms with van der Waals surface area (Å²) in [4.78, 5) is 35.7. The summed E-state index contributed by atoms with van der Waals surface area (Å²) < 4.78 is 0. The van der Waals surface area contributed by atoms with Crippen LogP contribution in [0, 0.1) is 11.3 Å². The molecule has 3 rings (SSSR count). The van der Waals surface area contributed by atoms with Crippen LogP contribution in [0.5, 0.6) is 0 Å². The Kier molecular flexibility index (Phi) is 5.89. The molecule has 3 aromatic carbocycles. The molecular formula is C23H17N3O4. The first-order valence-corrected chi connectivity index (χ1v) is 8.95. The van der Waals surface area contributed by atoms with Gasteiger partial charge in [-0.05, 0) is 53.6 Å². The number of rotatable bonds is 5. The Morgan fingerprint density at radius 1 is 0.900 bits per heavy atom. The molecule has 0 bridgehead atoms. The average molecular weight is 399 g/mol. The summed E-state index contributed by atoms with van der Waals surface area (Å²) in [5, 5.41) is 24.0. The van der Waals surface area contributed by atoms with Crippen molar-refractivity contribution in [3.8, 4) is 17.2 Å². The van der Waals surface area contributed by atoms with Gasteiger partial charge < -0.3 is 15.7 Å². The maximum atomic E-state index is 12.6. The molecule has 0 aliphatic rings. The van der Waals surface area contributed by atoms with Crippen molar-refractivity contribution in [1.29, 1.82) is 5.26 Å². The van der Waals surface area contributed by atoms with E-state index in [1.54, 1.807) is 48.5 Å². The fraction of sp³-hybridized carbons (Fsp3) is 0.0435. The van der Waals surface area contributed by atoms with Gasteiger partial charge in [0.1, 0.15) is 0 Å². The van der Waals surface area contributed by atoms with Gasteiger partial charge in [0, 0.05) is 18.2 Å². The number of hydrogen-bond acceptors (Lipinski definition) is 4. The molecule has 30 heavy (non-hydrogen) atoms. The number of carbonyl (C=O) groups excluding carboxylic acids is 2. The van der Waals surface area contributed by atoms with E-state index in [0.717, 1.165) is 0 Å². The molecule has 3 N–H and O–H groups in total. The molecule has 0 radical (unpaired) electrons. The molecule has 0 saturated heterocycles.